The molecule has 110 valence electrons. The van der Waals surface area contributed by atoms with Gasteiger partial charge in [0, 0.05) is 36.9 Å². The van der Waals surface area contributed by atoms with Gasteiger partial charge in [0.05, 0.1) is 5.02 Å². The minimum Gasteiger partial charge on any atom is -0.456 e. The number of nitrogens with one attached hydrogen (secondary N) is 1. The second kappa shape index (κ2) is 6.56. The molecule has 1 aliphatic rings. The summed E-state index contributed by atoms with van der Waals surface area (Å²) in [5.41, 5.74) is 1.13. The van der Waals surface area contributed by atoms with Crippen LogP contribution >= 0.6 is 23.2 Å². The Hall–Kier alpha value is -1.42. The number of rotatable bonds is 3. The SMILES string of the molecule is Clc1ccc(Oc2ccc(N3CCNCC3)cc2Cl)cc1. The Kier molecular flexibility index (Phi) is 4.54. The molecule has 0 aromatic heterocycles. The summed E-state index contributed by atoms with van der Waals surface area (Å²) in [7, 11) is 0. The Balaban J connectivity index is 1.76. The van der Waals surface area contributed by atoms with Gasteiger partial charge in [-0.05, 0) is 42.5 Å². The van der Waals surface area contributed by atoms with E-state index >= 15 is 0 Å². The van der Waals surface area contributed by atoms with E-state index in [1.54, 1.807) is 12.1 Å². The first kappa shape index (κ1) is 14.5. The number of benzene rings is 2. The minimum atomic E-state index is 0.612. The summed E-state index contributed by atoms with van der Waals surface area (Å²) < 4.78 is 5.79. The van der Waals surface area contributed by atoms with Crippen LogP contribution < -0.4 is 15.0 Å². The topological polar surface area (TPSA) is 24.5 Å². The fourth-order valence-electron chi connectivity index (χ4n) is 2.32. The molecule has 0 spiro atoms. The van der Waals surface area contributed by atoms with Crippen LogP contribution in [-0.4, -0.2) is 26.2 Å². The Morgan fingerprint density at radius 2 is 1.67 bits per heavy atom. The zero-order chi connectivity index (χ0) is 14.7. The monoisotopic (exact) mass is 322 g/mol. The van der Waals surface area contributed by atoms with Crippen molar-refractivity contribution in [3.63, 3.8) is 0 Å². The molecule has 0 atom stereocenters. The smallest absolute Gasteiger partial charge is 0.146 e. The number of anilines is 1. The highest BCUT2D eigenvalue weighted by atomic mass is 35.5. The normalized spacial score (nSPS) is 15.0. The summed E-state index contributed by atoms with van der Waals surface area (Å²) in [6.45, 7) is 3.99. The number of hydrogen-bond donors (Lipinski definition) is 1. The average molecular weight is 323 g/mol. The van der Waals surface area contributed by atoms with Gasteiger partial charge in [0.1, 0.15) is 11.5 Å². The van der Waals surface area contributed by atoms with Crippen LogP contribution in [0, 0.1) is 0 Å². The molecule has 3 rings (SSSR count). The van der Waals surface area contributed by atoms with Crippen molar-refractivity contribution in [3.05, 3.63) is 52.5 Å². The van der Waals surface area contributed by atoms with E-state index in [1.165, 1.54) is 0 Å². The summed E-state index contributed by atoms with van der Waals surface area (Å²) in [6.07, 6.45) is 0. The maximum absolute atomic E-state index is 6.34. The summed E-state index contributed by atoms with van der Waals surface area (Å²) >= 11 is 12.2. The van der Waals surface area contributed by atoms with Crippen LogP contribution in [0.2, 0.25) is 10.0 Å². The predicted octanol–water partition coefficient (Wildman–Crippen LogP) is 4.20. The lowest BCUT2D eigenvalue weighted by molar-refractivity contribution is 0.483. The first-order valence-corrected chi connectivity index (χ1v) is 7.66. The quantitative estimate of drug-likeness (QED) is 0.916. The van der Waals surface area contributed by atoms with Crippen LogP contribution in [-0.2, 0) is 0 Å². The van der Waals surface area contributed by atoms with Gasteiger partial charge in [-0.3, -0.25) is 0 Å². The average Bonchev–Trinajstić information content (AvgIpc) is 2.52. The highest BCUT2D eigenvalue weighted by molar-refractivity contribution is 6.32. The zero-order valence-electron chi connectivity index (χ0n) is 11.5. The summed E-state index contributed by atoms with van der Waals surface area (Å²) in [5, 5.41) is 4.63. The number of piperazine rings is 1. The standard InChI is InChI=1S/C16H16Cl2N2O/c17-12-1-4-14(5-2-12)21-16-6-3-13(11-15(16)18)20-9-7-19-8-10-20/h1-6,11,19H,7-10H2. The van der Waals surface area contributed by atoms with Gasteiger partial charge in [-0.1, -0.05) is 23.2 Å². The molecule has 1 heterocycles. The van der Waals surface area contributed by atoms with Crippen molar-refractivity contribution >= 4 is 28.9 Å². The maximum Gasteiger partial charge on any atom is 0.146 e. The Morgan fingerprint density at radius 3 is 2.33 bits per heavy atom. The molecule has 0 bridgehead atoms. The van der Waals surface area contributed by atoms with Gasteiger partial charge in [-0.25, -0.2) is 0 Å². The molecule has 5 heteroatoms. The number of nitrogens with zero attached hydrogens (tertiary/aromatic N) is 1. The molecule has 1 saturated heterocycles. The van der Waals surface area contributed by atoms with Crippen LogP contribution in [0.15, 0.2) is 42.5 Å². The fraction of sp³-hybridized carbons (Fsp3) is 0.250. The number of ether oxygens (including phenoxy) is 1. The molecule has 0 aliphatic carbocycles. The summed E-state index contributed by atoms with van der Waals surface area (Å²) in [5.74, 6) is 1.37. The molecule has 1 fully saturated rings. The lowest BCUT2D eigenvalue weighted by Gasteiger charge is -2.29. The molecule has 2 aromatic rings. The molecule has 3 nitrogen and oxygen atoms in total. The molecule has 21 heavy (non-hydrogen) atoms. The highest BCUT2D eigenvalue weighted by Gasteiger charge is 2.12. The first-order chi connectivity index (χ1) is 10.2. The van der Waals surface area contributed by atoms with Crippen LogP contribution in [0.25, 0.3) is 0 Å². The van der Waals surface area contributed by atoms with Gasteiger partial charge >= 0.3 is 0 Å². The molecule has 1 N–H and O–H groups in total. The van der Waals surface area contributed by atoms with E-state index in [-0.39, 0.29) is 0 Å². The third-order valence-electron chi connectivity index (χ3n) is 3.44. The zero-order valence-corrected chi connectivity index (χ0v) is 13.0. The Bertz CT molecular complexity index is 610. The fourth-order valence-corrected chi connectivity index (χ4v) is 2.66. The van der Waals surface area contributed by atoms with Gasteiger partial charge in [-0.2, -0.15) is 0 Å². The summed E-state index contributed by atoms with van der Waals surface area (Å²) in [4.78, 5) is 2.31. The molecule has 0 radical (unpaired) electrons. The molecule has 1 aliphatic heterocycles. The van der Waals surface area contributed by atoms with Gasteiger partial charge in [0.15, 0.2) is 0 Å². The Labute approximate surface area is 134 Å². The first-order valence-electron chi connectivity index (χ1n) is 6.91. The summed E-state index contributed by atoms with van der Waals surface area (Å²) in [6, 6.07) is 13.1. The van der Waals surface area contributed by atoms with Gasteiger partial charge in [0.25, 0.3) is 0 Å². The van der Waals surface area contributed by atoms with Gasteiger partial charge < -0.3 is 15.0 Å². The molecule has 0 amide bonds. The van der Waals surface area contributed by atoms with Crippen molar-refractivity contribution in [1.82, 2.24) is 5.32 Å². The van der Waals surface area contributed by atoms with E-state index in [9.17, 15) is 0 Å². The van der Waals surface area contributed by atoms with E-state index < -0.39 is 0 Å². The molecule has 0 saturated carbocycles. The van der Waals surface area contributed by atoms with Crippen LogP contribution in [0.1, 0.15) is 0 Å². The van der Waals surface area contributed by atoms with Gasteiger partial charge in [-0.15, -0.1) is 0 Å². The van der Waals surface area contributed by atoms with Crippen molar-refractivity contribution in [1.29, 1.82) is 0 Å². The highest BCUT2D eigenvalue weighted by Crippen LogP contribution is 2.33. The van der Waals surface area contributed by atoms with Crippen molar-refractivity contribution in [2.24, 2.45) is 0 Å². The second-order valence-electron chi connectivity index (χ2n) is 4.91. The lowest BCUT2D eigenvalue weighted by Crippen LogP contribution is -2.43. The number of hydrogen-bond acceptors (Lipinski definition) is 3. The number of halogens is 2. The van der Waals surface area contributed by atoms with E-state index in [1.807, 2.05) is 30.3 Å². The van der Waals surface area contributed by atoms with E-state index in [0.717, 1.165) is 37.6 Å². The van der Waals surface area contributed by atoms with E-state index in [2.05, 4.69) is 10.2 Å². The largest absolute Gasteiger partial charge is 0.456 e. The molecule has 0 unspecified atom stereocenters. The third kappa shape index (κ3) is 3.62. The van der Waals surface area contributed by atoms with Crippen molar-refractivity contribution < 1.29 is 4.74 Å². The third-order valence-corrected chi connectivity index (χ3v) is 3.99. The predicted molar refractivity (Wildman–Crippen MR) is 88.1 cm³/mol. The lowest BCUT2D eigenvalue weighted by atomic mass is 10.2. The van der Waals surface area contributed by atoms with Crippen molar-refractivity contribution in [2.45, 2.75) is 0 Å². The van der Waals surface area contributed by atoms with E-state index in [0.29, 0.717) is 15.8 Å². The molecular weight excluding hydrogens is 307 g/mol. The van der Waals surface area contributed by atoms with Crippen LogP contribution in [0.4, 0.5) is 5.69 Å². The second-order valence-corrected chi connectivity index (χ2v) is 5.75. The molecular formula is C16H16Cl2N2O. The molecule has 2 aromatic carbocycles. The minimum absolute atomic E-state index is 0.612. The van der Waals surface area contributed by atoms with E-state index in [4.69, 9.17) is 27.9 Å². The van der Waals surface area contributed by atoms with Crippen molar-refractivity contribution in [3.8, 4) is 11.5 Å². The van der Waals surface area contributed by atoms with Crippen LogP contribution in [0.5, 0.6) is 11.5 Å². The Morgan fingerprint density at radius 1 is 0.952 bits per heavy atom. The maximum atomic E-state index is 6.34. The van der Waals surface area contributed by atoms with Crippen LogP contribution in [0.3, 0.4) is 0 Å². The van der Waals surface area contributed by atoms with Crippen molar-refractivity contribution in [2.75, 3.05) is 31.1 Å². The van der Waals surface area contributed by atoms with Gasteiger partial charge in [0.2, 0.25) is 0 Å².